The van der Waals surface area contributed by atoms with Crippen LogP contribution < -0.4 is 4.74 Å². The van der Waals surface area contributed by atoms with Crippen molar-refractivity contribution >= 4 is 21.8 Å². The Kier molecular flexibility index (Phi) is 10.8. The second-order valence-electron chi connectivity index (χ2n) is 14.0. The number of rotatable bonds is 10. The molecule has 0 radical (unpaired) electrons. The van der Waals surface area contributed by atoms with E-state index in [2.05, 4.69) is 131 Å². The molecule has 7 rings (SSSR count). The molecule has 50 heavy (non-hydrogen) atoms. The first kappa shape index (κ1) is 35.9. The molecular formula is C44H48N4OPt. The smallest absolute Gasteiger partial charge is 0.509 e. The molecule has 0 N–H and O–H groups in total. The van der Waals surface area contributed by atoms with Crippen LogP contribution in [0.2, 0.25) is 0 Å². The van der Waals surface area contributed by atoms with Gasteiger partial charge in [0, 0.05) is 40.4 Å². The van der Waals surface area contributed by atoms with E-state index in [9.17, 15) is 0 Å². The van der Waals surface area contributed by atoms with Crippen LogP contribution in [0.4, 0.5) is 0 Å². The summed E-state index contributed by atoms with van der Waals surface area (Å²) in [6.45, 7) is 15.7. The molecule has 0 saturated heterocycles. The van der Waals surface area contributed by atoms with Crippen LogP contribution in [-0.4, -0.2) is 19.3 Å². The normalized spacial score (nSPS) is 16.2. The monoisotopic (exact) mass is 843 g/mol. The number of hydrogen-bond acceptors (Lipinski definition) is 3. The largest absolute Gasteiger partial charge is 2.00 e. The van der Waals surface area contributed by atoms with E-state index in [-0.39, 0.29) is 21.1 Å². The zero-order valence-corrected chi connectivity index (χ0v) is 32.7. The molecule has 0 bridgehead atoms. The summed E-state index contributed by atoms with van der Waals surface area (Å²) in [7, 11) is 0. The van der Waals surface area contributed by atoms with Gasteiger partial charge in [-0.2, -0.15) is 11.2 Å². The average molecular weight is 844 g/mol. The van der Waals surface area contributed by atoms with Gasteiger partial charge in [-0.25, -0.2) is 4.98 Å². The van der Waals surface area contributed by atoms with Crippen molar-refractivity contribution < 1.29 is 25.8 Å². The number of allylic oxidation sites excluding steroid dienone is 2. The second kappa shape index (κ2) is 15.1. The Hall–Kier alpha value is -3.95. The van der Waals surface area contributed by atoms with Gasteiger partial charge in [0.1, 0.15) is 5.82 Å². The molecule has 3 aromatic carbocycles. The van der Waals surface area contributed by atoms with Crippen LogP contribution in [0.5, 0.6) is 11.5 Å². The van der Waals surface area contributed by atoms with E-state index in [4.69, 9.17) is 14.8 Å². The van der Waals surface area contributed by atoms with Gasteiger partial charge in [0.25, 0.3) is 0 Å². The van der Waals surface area contributed by atoms with Gasteiger partial charge in [0.2, 0.25) is 0 Å². The Labute approximate surface area is 312 Å². The molecular weight excluding hydrogens is 796 g/mol. The maximum absolute atomic E-state index is 6.66. The third-order valence-corrected chi connectivity index (χ3v) is 10.5. The van der Waals surface area contributed by atoms with E-state index < -0.39 is 0 Å². The van der Waals surface area contributed by atoms with Gasteiger partial charge >= 0.3 is 21.1 Å². The minimum absolute atomic E-state index is 0. The van der Waals surface area contributed by atoms with Crippen molar-refractivity contribution in [2.75, 3.05) is 0 Å². The molecule has 0 amide bonds. The first-order chi connectivity index (χ1) is 23.8. The molecule has 260 valence electrons. The van der Waals surface area contributed by atoms with E-state index in [1.807, 2.05) is 12.3 Å². The van der Waals surface area contributed by atoms with Gasteiger partial charge in [0.15, 0.2) is 0 Å². The number of aromatic nitrogens is 4. The molecule has 1 aliphatic carbocycles. The summed E-state index contributed by atoms with van der Waals surface area (Å²) in [6.07, 6.45) is 11.2. The SMILES string of the molecule is CCCc1ccnc(-n2c3[c-]c(Oc4[c-]c(-n5nc(C)c(C6C(CC)=CCC[C@@H]6CC)c5C)cc(C(C)C)c4)ccc3c3ccccc32)c1.[Pt+2]. The van der Waals surface area contributed by atoms with Crippen molar-refractivity contribution in [1.29, 1.82) is 0 Å². The summed E-state index contributed by atoms with van der Waals surface area (Å²) in [4.78, 5) is 4.81. The van der Waals surface area contributed by atoms with Crippen LogP contribution in [0.1, 0.15) is 107 Å². The van der Waals surface area contributed by atoms with Gasteiger partial charge < -0.3 is 9.30 Å². The van der Waals surface area contributed by atoms with Crippen LogP contribution in [0.15, 0.2) is 78.5 Å². The molecule has 0 aliphatic heterocycles. The molecule has 5 nitrogen and oxygen atoms in total. The number of aryl methyl sites for hydroxylation is 2. The van der Waals surface area contributed by atoms with Crippen molar-refractivity contribution in [2.24, 2.45) is 5.92 Å². The zero-order valence-electron chi connectivity index (χ0n) is 30.4. The van der Waals surface area contributed by atoms with Gasteiger partial charge in [-0.3, -0.25) is 4.68 Å². The maximum atomic E-state index is 6.66. The fraction of sp³-hybridized carbons (Fsp3) is 0.364. The van der Waals surface area contributed by atoms with E-state index >= 15 is 0 Å². The Balaban J connectivity index is 0.00000432. The number of fused-ring (bicyclic) bond motifs is 3. The summed E-state index contributed by atoms with van der Waals surface area (Å²) in [5, 5.41) is 7.45. The summed E-state index contributed by atoms with van der Waals surface area (Å²) >= 11 is 0. The van der Waals surface area contributed by atoms with Crippen LogP contribution in [0.3, 0.4) is 0 Å². The minimum atomic E-state index is 0. The number of pyridine rings is 1. The number of para-hydroxylation sites is 1. The predicted molar refractivity (Wildman–Crippen MR) is 202 cm³/mol. The summed E-state index contributed by atoms with van der Waals surface area (Å²) in [5.41, 5.74) is 10.7. The van der Waals surface area contributed by atoms with Crippen LogP contribution >= 0.6 is 0 Å². The molecule has 1 aliphatic rings. The summed E-state index contributed by atoms with van der Waals surface area (Å²) < 4.78 is 11.0. The Morgan fingerprint density at radius 1 is 0.940 bits per heavy atom. The second-order valence-corrected chi connectivity index (χ2v) is 14.0. The molecule has 0 fully saturated rings. The standard InChI is InChI=1S/C44H48N4O.Pt/c1-8-14-31-21-22-45-42(23-31)47-40-18-12-11-17-38(40)39-20-19-36(27-41(39)47)49-37-25-34(28(4)5)24-35(26-37)48-30(7)43(29(6)46-48)44-32(9-2)15-13-16-33(44)10-3;/h11-12,15,17-25,28,33,44H,8-10,13-14,16H2,1-7H3;/q-2;+2/t33-,44?;/m0./s1. The van der Waals surface area contributed by atoms with E-state index in [0.29, 0.717) is 29.3 Å². The van der Waals surface area contributed by atoms with Gasteiger partial charge in [-0.1, -0.05) is 82.8 Å². The molecule has 3 heterocycles. The maximum Gasteiger partial charge on any atom is 2.00 e. The fourth-order valence-electron chi connectivity index (χ4n) is 8.01. The predicted octanol–water partition coefficient (Wildman–Crippen LogP) is 11.7. The van der Waals surface area contributed by atoms with Crippen LogP contribution in [-0.2, 0) is 27.5 Å². The van der Waals surface area contributed by atoms with Gasteiger partial charge in [-0.15, -0.1) is 41.3 Å². The number of hydrogen-bond donors (Lipinski definition) is 0. The number of nitrogens with zero attached hydrogens (tertiary/aromatic N) is 4. The average Bonchev–Trinajstić information content (AvgIpc) is 3.60. The third kappa shape index (κ3) is 6.62. The quantitative estimate of drug-likeness (QED) is 0.102. The number of ether oxygens (including phenoxy) is 1. The molecule has 3 aromatic heterocycles. The topological polar surface area (TPSA) is 44.9 Å². The summed E-state index contributed by atoms with van der Waals surface area (Å²) in [5.74, 6) is 3.57. The van der Waals surface area contributed by atoms with Crippen molar-refractivity contribution in [2.45, 2.75) is 98.8 Å². The molecule has 2 atom stereocenters. The Morgan fingerprint density at radius 2 is 1.76 bits per heavy atom. The fourth-order valence-corrected chi connectivity index (χ4v) is 8.01. The van der Waals surface area contributed by atoms with Gasteiger partial charge in [0.05, 0.1) is 5.69 Å². The number of benzene rings is 3. The van der Waals surface area contributed by atoms with E-state index in [0.717, 1.165) is 52.9 Å². The van der Waals surface area contributed by atoms with E-state index in [1.165, 1.54) is 47.0 Å². The van der Waals surface area contributed by atoms with E-state index in [1.54, 1.807) is 5.57 Å². The Morgan fingerprint density at radius 3 is 2.52 bits per heavy atom. The van der Waals surface area contributed by atoms with Crippen LogP contribution in [0, 0.1) is 31.9 Å². The first-order valence-corrected chi connectivity index (χ1v) is 18.2. The minimum Gasteiger partial charge on any atom is -0.509 e. The zero-order chi connectivity index (χ0) is 34.2. The Bertz CT molecular complexity index is 2170. The van der Waals surface area contributed by atoms with Crippen molar-refractivity contribution in [1.82, 2.24) is 19.3 Å². The van der Waals surface area contributed by atoms with Crippen molar-refractivity contribution in [3.8, 4) is 23.0 Å². The van der Waals surface area contributed by atoms with Crippen LogP contribution in [0.25, 0.3) is 33.3 Å². The molecule has 6 heteroatoms. The molecule has 1 unspecified atom stereocenters. The molecule has 6 aromatic rings. The third-order valence-electron chi connectivity index (χ3n) is 10.5. The van der Waals surface area contributed by atoms with Crippen molar-refractivity contribution in [3.63, 3.8) is 0 Å². The van der Waals surface area contributed by atoms with Crippen molar-refractivity contribution in [3.05, 3.63) is 119 Å². The van der Waals surface area contributed by atoms with Gasteiger partial charge in [-0.05, 0) is 86.2 Å². The first-order valence-electron chi connectivity index (χ1n) is 18.2. The molecule has 0 spiro atoms. The summed E-state index contributed by atoms with van der Waals surface area (Å²) in [6, 6.07) is 28.5. The molecule has 0 saturated carbocycles.